The van der Waals surface area contributed by atoms with E-state index in [0.717, 1.165) is 48.0 Å². The lowest BCUT2D eigenvalue weighted by atomic mass is 10.1. The van der Waals surface area contributed by atoms with Crippen LogP contribution in [0.4, 0.5) is 18.2 Å². The number of benzene rings is 1. The third-order valence-electron chi connectivity index (χ3n) is 4.14. The molecular formula is C17H14F3NO3S. The van der Waals surface area contributed by atoms with E-state index >= 15 is 0 Å². The zero-order valence-corrected chi connectivity index (χ0v) is 13.8. The molecule has 2 aromatic rings. The van der Waals surface area contributed by atoms with Gasteiger partial charge in [0.2, 0.25) is 0 Å². The van der Waals surface area contributed by atoms with E-state index in [1.807, 2.05) is 0 Å². The second-order valence-electron chi connectivity index (χ2n) is 5.75. The van der Waals surface area contributed by atoms with E-state index in [2.05, 4.69) is 5.32 Å². The van der Waals surface area contributed by atoms with Gasteiger partial charge in [0.05, 0.1) is 11.1 Å². The molecule has 0 saturated carbocycles. The fraction of sp³-hybridized carbons (Fsp3) is 0.294. The van der Waals surface area contributed by atoms with Crippen LogP contribution in [0.1, 0.15) is 50.4 Å². The highest BCUT2D eigenvalue weighted by molar-refractivity contribution is 7.17. The van der Waals surface area contributed by atoms with Crippen molar-refractivity contribution in [2.75, 3.05) is 5.32 Å². The van der Waals surface area contributed by atoms with Crippen molar-refractivity contribution in [1.29, 1.82) is 0 Å². The van der Waals surface area contributed by atoms with Crippen molar-refractivity contribution < 1.29 is 27.9 Å². The molecule has 0 fully saturated rings. The van der Waals surface area contributed by atoms with Crippen molar-refractivity contribution in [3.05, 3.63) is 51.2 Å². The highest BCUT2D eigenvalue weighted by Gasteiger charge is 2.27. The second-order valence-corrected chi connectivity index (χ2v) is 6.86. The van der Waals surface area contributed by atoms with Crippen LogP contribution in [0, 0.1) is 17.5 Å². The van der Waals surface area contributed by atoms with Crippen LogP contribution in [0.2, 0.25) is 0 Å². The first-order valence-corrected chi connectivity index (χ1v) is 8.54. The summed E-state index contributed by atoms with van der Waals surface area (Å²) in [6.45, 7) is 0. The molecule has 0 spiro atoms. The average Bonchev–Trinajstić information content (AvgIpc) is 2.73. The van der Waals surface area contributed by atoms with E-state index in [-0.39, 0.29) is 10.6 Å². The minimum atomic E-state index is -1.74. The molecule has 1 aliphatic carbocycles. The minimum Gasteiger partial charge on any atom is -0.478 e. The number of thiophene rings is 1. The van der Waals surface area contributed by atoms with Gasteiger partial charge < -0.3 is 10.4 Å². The number of aromatic carboxylic acids is 1. The van der Waals surface area contributed by atoms with E-state index in [1.54, 1.807) is 0 Å². The number of nitrogens with one attached hydrogen (secondary N) is 1. The van der Waals surface area contributed by atoms with Gasteiger partial charge >= 0.3 is 5.97 Å². The Labute approximate surface area is 145 Å². The standard InChI is InChI=1S/C17H14F3NO3S/c18-10-7-6-9(13(19)14(10)20)15(22)21-16-12(17(23)24)8-4-2-1-3-5-11(8)25-16/h6-7H,1-5H2,(H,21,22)(H,23,24). The lowest BCUT2D eigenvalue weighted by molar-refractivity contribution is 0.0697. The number of aryl methyl sites for hydroxylation is 1. The Hall–Kier alpha value is -2.35. The number of carbonyl (C=O) groups is 2. The first-order chi connectivity index (χ1) is 11.9. The van der Waals surface area contributed by atoms with Crippen LogP contribution in [0.5, 0.6) is 0 Å². The molecule has 0 atom stereocenters. The second kappa shape index (κ2) is 6.87. The van der Waals surface area contributed by atoms with Crippen LogP contribution in [-0.2, 0) is 12.8 Å². The lowest BCUT2D eigenvalue weighted by Gasteiger charge is -2.07. The number of amides is 1. The van der Waals surface area contributed by atoms with Crippen molar-refractivity contribution in [3.63, 3.8) is 0 Å². The Morgan fingerprint density at radius 3 is 2.48 bits per heavy atom. The summed E-state index contributed by atoms with van der Waals surface area (Å²) in [6, 6.07) is 1.47. The van der Waals surface area contributed by atoms with Gasteiger partial charge in [-0.25, -0.2) is 18.0 Å². The van der Waals surface area contributed by atoms with Crippen LogP contribution in [0.15, 0.2) is 12.1 Å². The van der Waals surface area contributed by atoms with Crippen LogP contribution in [0.25, 0.3) is 0 Å². The molecule has 25 heavy (non-hydrogen) atoms. The highest BCUT2D eigenvalue weighted by Crippen LogP contribution is 2.37. The Kier molecular flexibility index (Phi) is 4.80. The molecule has 1 aromatic heterocycles. The number of fused-ring (bicyclic) bond motifs is 1. The number of hydrogen-bond donors (Lipinski definition) is 2. The quantitative estimate of drug-likeness (QED) is 0.623. The Morgan fingerprint density at radius 1 is 1.04 bits per heavy atom. The van der Waals surface area contributed by atoms with Crippen molar-refractivity contribution in [3.8, 4) is 0 Å². The predicted octanol–water partition coefficient (Wildman–Crippen LogP) is 4.38. The predicted molar refractivity (Wildman–Crippen MR) is 86.8 cm³/mol. The minimum absolute atomic E-state index is 0.00163. The molecule has 0 bridgehead atoms. The number of carbonyl (C=O) groups excluding carboxylic acids is 1. The summed E-state index contributed by atoms with van der Waals surface area (Å²) in [7, 11) is 0. The van der Waals surface area contributed by atoms with Crippen LogP contribution >= 0.6 is 11.3 Å². The normalized spacial score (nSPS) is 13.9. The van der Waals surface area contributed by atoms with E-state index in [0.29, 0.717) is 18.1 Å². The van der Waals surface area contributed by atoms with E-state index < -0.39 is 34.9 Å². The number of carboxylic acid groups (broad SMARTS) is 1. The summed E-state index contributed by atoms with van der Waals surface area (Å²) in [4.78, 5) is 24.7. The third kappa shape index (κ3) is 3.26. The largest absolute Gasteiger partial charge is 0.478 e. The smallest absolute Gasteiger partial charge is 0.339 e. The molecule has 1 aliphatic rings. The molecule has 4 nitrogen and oxygen atoms in total. The number of carboxylic acids is 1. The van der Waals surface area contributed by atoms with Gasteiger partial charge in [-0.1, -0.05) is 6.42 Å². The first kappa shape index (κ1) is 17.5. The molecule has 0 unspecified atom stereocenters. The zero-order valence-electron chi connectivity index (χ0n) is 13.0. The zero-order chi connectivity index (χ0) is 18.1. The number of hydrogen-bond acceptors (Lipinski definition) is 3. The summed E-state index contributed by atoms with van der Waals surface area (Å²) >= 11 is 1.14. The Bertz CT molecular complexity index is 863. The number of anilines is 1. The van der Waals surface area contributed by atoms with Gasteiger partial charge in [-0.2, -0.15) is 0 Å². The van der Waals surface area contributed by atoms with Gasteiger partial charge in [0.1, 0.15) is 5.00 Å². The maximum Gasteiger partial charge on any atom is 0.339 e. The van der Waals surface area contributed by atoms with Gasteiger partial charge in [-0.3, -0.25) is 4.79 Å². The molecule has 0 radical (unpaired) electrons. The third-order valence-corrected chi connectivity index (χ3v) is 5.35. The fourth-order valence-corrected chi connectivity index (χ4v) is 4.21. The molecule has 2 N–H and O–H groups in total. The highest BCUT2D eigenvalue weighted by atomic mass is 32.1. The van der Waals surface area contributed by atoms with Crippen LogP contribution < -0.4 is 5.32 Å². The van der Waals surface area contributed by atoms with Gasteiger partial charge in [-0.15, -0.1) is 11.3 Å². The summed E-state index contributed by atoms with van der Waals surface area (Å²) in [6.07, 6.45) is 4.10. The van der Waals surface area contributed by atoms with E-state index in [4.69, 9.17) is 0 Å². The van der Waals surface area contributed by atoms with Crippen LogP contribution in [-0.4, -0.2) is 17.0 Å². The number of halogens is 3. The van der Waals surface area contributed by atoms with Crippen molar-refractivity contribution in [2.45, 2.75) is 32.1 Å². The molecular weight excluding hydrogens is 355 g/mol. The molecule has 1 aromatic carbocycles. The Balaban J connectivity index is 1.97. The topological polar surface area (TPSA) is 66.4 Å². The van der Waals surface area contributed by atoms with Crippen LogP contribution in [0.3, 0.4) is 0 Å². The number of rotatable bonds is 3. The van der Waals surface area contributed by atoms with E-state index in [1.165, 1.54) is 0 Å². The monoisotopic (exact) mass is 369 g/mol. The molecule has 0 saturated heterocycles. The summed E-state index contributed by atoms with van der Waals surface area (Å²) < 4.78 is 40.1. The van der Waals surface area contributed by atoms with Gasteiger partial charge in [-0.05, 0) is 43.4 Å². The van der Waals surface area contributed by atoms with E-state index in [9.17, 15) is 27.9 Å². The maximum atomic E-state index is 13.8. The molecule has 0 aliphatic heterocycles. The van der Waals surface area contributed by atoms with Gasteiger partial charge in [0.25, 0.3) is 5.91 Å². The SMILES string of the molecule is O=C(Nc1sc2c(c1C(=O)O)CCCCC2)c1ccc(F)c(F)c1F. The van der Waals surface area contributed by atoms with Crippen molar-refractivity contribution >= 4 is 28.2 Å². The summed E-state index contributed by atoms with van der Waals surface area (Å²) in [5, 5.41) is 11.9. The Morgan fingerprint density at radius 2 is 1.76 bits per heavy atom. The van der Waals surface area contributed by atoms with Gasteiger partial charge in [0, 0.05) is 4.88 Å². The average molecular weight is 369 g/mol. The molecule has 3 rings (SSSR count). The van der Waals surface area contributed by atoms with Gasteiger partial charge in [0.15, 0.2) is 17.5 Å². The fourth-order valence-electron chi connectivity index (χ4n) is 2.93. The molecule has 1 heterocycles. The summed E-state index contributed by atoms with van der Waals surface area (Å²) in [5.74, 6) is -6.94. The van der Waals surface area contributed by atoms with Crippen molar-refractivity contribution in [2.24, 2.45) is 0 Å². The molecule has 132 valence electrons. The van der Waals surface area contributed by atoms with Crippen molar-refractivity contribution in [1.82, 2.24) is 0 Å². The maximum absolute atomic E-state index is 13.8. The summed E-state index contributed by atoms with van der Waals surface area (Å²) in [5.41, 5.74) is 0.00753. The lowest BCUT2D eigenvalue weighted by Crippen LogP contribution is -2.16. The molecule has 8 heteroatoms. The molecule has 1 amide bonds. The first-order valence-electron chi connectivity index (χ1n) is 7.72.